The van der Waals surface area contributed by atoms with Crippen LogP contribution >= 0.6 is 0 Å². The van der Waals surface area contributed by atoms with E-state index in [-0.39, 0.29) is 17.4 Å². The average molecular weight is 381 g/mol. The summed E-state index contributed by atoms with van der Waals surface area (Å²) in [7, 11) is 0. The Kier molecular flexibility index (Phi) is 4.13. The van der Waals surface area contributed by atoms with Gasteiger partial charge in [-0.1, -0.05) is 48.6 Å². The highest BCUT2D eigenvalue weighted by molar-refractivity contribution is 6.01. The number of carbonyl (C=O) groups is 1. The van der Waals surface area contributed by atoms with E-state index in [9.17, 15) is 14.9 Å². The minimum Gasteiger partial charge on any atom is -0.294 e. The van der Waals surface area contributed by atoms with Crippen molar-refractivity contribution in [1.82, 2.24) is 0 Å². The predicted octanol–water partition coefficient (Wildman–Crippen LogP) is 3.82. The number of nitro benzene ring substituents is 1. The molecule has 0 aromatic heterocycles. The number of hydrogen-bond acceptors (Lipinski definition) is 3. The second kappa shape index (κ2) is 6.82. The van der Waals surface area contributed by atoms with Crippen LogP contribution in [0.25, 0.3) is 23.3 Å². The third-order valence-electron chi connectivity index (χ3n) is 6.00. The fourth-order valence-electron chi connectivity index (χ4n) is 4.49. The quantitative estimate of drug-likeness (QED) is 0.394. The van der Waals surface area contributed by atoms with Gasteiger partial charge in [0.2, 0.25) is 0 Å². The number of benzene rings is 3. The molecule has 2 aliphatic carbocycles. The van der Waals surface area contributed by atoms with Crippen molar-refractivity contribution in [2.45, 2.75) is 19.3 Å². The molecule has 4 nitrogen and oxygen atoms in total. The number of aryl methyl sites for hydroxylation is 1. The molecule has 3 aromatic rings. The summed E-state index contributed by atoms with van der Waals surface area (Å²) in [6.45, 7) is 0. The third-order valence-corrected chi connectivity index (χ3v) is 6.00. The van der Waals surface area contributed by atoms with Crippen LogP contribution in [-0.2, 0) is 12.8 Å². The molecular weight excluding hydrogens is 362 g/mol. The Labute approximate surface area is 168 Å². The lowest BCUT2D eigenvalue weighted by Gasteiger charge is -2.21. The molecule has 4 heteroatoms. The minimum atomic E-state index is -0.447. The highest BCUT2D eigenvalue weighted by atomic mass is 16.6. The number of ketones is 1. The van der Waals surface area contributed by atoms with Gasteiger partial charge in [0, 0.05) is 23.6 Å². The molecule has 0 radical (unpaired) electrons. The first-order valence-electron chi connectivity index (χ1n) is 9.83. The van der Waals surface area contributed by atoms with E-state index in [1.807, 2.05) is 0 Å². The molecule has 1 atom stereocenters. The topological polar surface area (TPSA) is 60.2 Å². The first-order valence-corrected chi connectivity index (χ1v) is 9.83. The SMILES string of the molecule is O=C(c1ccc([N+](=O)[O-])cc1)C1C=c2c(ccc3c2=CCc2ccccc2-3)CC1. The van der Waals surface area contributed by atoms with E-state index in [0.29, 0.717) is 5.56 Å². The maximum Gasteiger partial charge on any atom is 0.269 e. The van der Waals surface area contributed by atoms with E-state index in [1.54, 1.807) is 12.1 Å². The lowest BCUT2D eigenvalue weighted by molar-refractivity contribution is -0.384. The molecule has 0 saturated carbocycles. The van der Waals surface area contributed by atoms with Gasteiger partial charge in [0.1, 0.15) is 0 Å². The Balaban J connectivity index is 1.57. The smallest absolute Gasteiger partial charge is 0.269 e. The van der Waals surface area contributed by atoms with E-state index in [4.69, 9.17) is 0 Å². The van der Waals surface area contributed by atoms with Crippen LogP contribution in [0.2, 0.25) is 0 Å². The maximum absolute atomic E-state index is 13.0. The van der Waals surface area contributed by atoms with Gasteiger partial charge in [-0.15, -0.1) is 0 Å². The fraction of sp³-hybridized carbons (Fsp3) is 0.160. The predicted molar refractivity (Wildman–Crippen MR) is 113 cm³/mol. The van der Waals surface area contributed by atoms with Crippen molar-refractivity contribution in [2.24, 2.45) is 5.92 Å². The summed E-state index contributed by atoms with van der Waals surface area (Å²) in [6, 6.07) is 18.8. The molecule has 0 saturated heterocycles. The van der Waals surface area contributed by atoms with Crippen molar-refractivity contribution < 1.29 is 9.72 Å². The molecule has 0 heterocycles. The molecule has 29 heavy (non-hydrogen) atoms. The lowest BCUT2D eigenvalue weighted by atomic mass is 9.82. The van der Waals surface area contributed by atoms with Gasteiger partial charge in [-0.25, -0.2) is 0 Å². The zero-order valence-electron chi connectivity index (χ0n) is 15.8. The molecule has 0 fully saturated rings. The highest BCUT2D eigenvalue weighted by Crippen LogP contribution is 2.26. The number of rotatable bonds is 3. The normalized spacial score (nSPS) is 16.5. The van der Waals surface area contributed by atoms with E-state index >= 15 is 0 Å². The van der Waals surface area contributed by atoms with Crippen LogP contribution in [0, 0.1) is 16.0 Å². The summed E-state index contributed by atoms with van der Waals surface area (Å²) in [5.74, 6) is -0.180. The van der Waals surface area contributed by atoms with Crippen molar-refractivity contribution >= 4 is 23.6 Å². The van der Waals surface area contributed by atoms with Crippen LogP contribution in [0.3, 0.4) is 0 Å². The van der Waals surface area contributed by atoms with Crippen LogP contribution in [0.5, 0.6) is 0 Å². The zero-order chi connectivity index (χ0) is 20.0. The Morgan fingerprint density at radius 1 is 0.897 bits per heavy atom. The Hall–Kier alpha value is -3.53. The monoisotopic (exact) mass is 381 g/mol. The van der Waals surface area contributed by atoms with Crippen LogP contribution in [0.4, 0.5) is 5.69 Å². The molecule has 0 spiro atoms. The average Bonchev–Trinajstić information content (AvgIpc) is 2.77. The number of fused-ring (bicyclic) bond motifs is 5. The number of hydrogen-bond donors (Lipinski definition) is 0. The number of nitrogens with zero attached hydrogens (tertiary/aromatic N) is 1. The first kappa shape index (κ1) is 17.6. The van der Waals surface area contributed by atoms with Crippen LogP contribution in [-0.4, -0.2) is 10.7 Å². The zero-order valence-corrected chi connectivity index (χ0v) is 15.8. The van der Waals surface area contributed by atoms with Gasteiger partial charge < -0.3 is 0 Å². The van der Waals surface area contributed by atoms with Gasteiger partial charge >= 0.3 is 0 Å². The standard InChI is InChI=1S/C25H19NO3/c27-25(18-7-11-20(12-8-18)26(28)29)19-6-5-17-10-13-22-21-4-2-1-3-16(21)9-14-23(22)24(17)15-19/h1-4,7-8,10-15,19H,5-6,9H2. The van der Waals surface area contributed by atoms with Crippen LogP contribution < -0.4 is 10.4 Å². The summed E-state index contributed by atoms with van der Waals surface area (Å²) in [5, 5.41) is 13.3. The van der Waals surface area contributed by atoms with Crippen molar-refractivity contribution in [3.05, 3.63) is 97.9 Å². The second-order valence-electron chi connectivity index (χ2n) is 7.65. The van der Waals surface area contributed by atoms with Crippen molar-refractivity contribution in [2.75, 3.05) is 0 Å². The van der Waals surface area contributed by atoms with Crippen LogP contribution in [0.1, 0.15) is 27.9 Å². The van der Waals surface area contributed by atoms with E-state index in [2.05, 4.69) is 48.6 Å². The number of nitro groups is 1. The highest BCUT2D eigenvalue weighted by Gasteiger charge is 2.23. The second-order valence-corrected chi connectivity index (χ2v) is 7.65. The Morgan fingerprint density at radius 2 is 1.69 bits per heavy atom. The third kappa shape index (κ3) is 2.97. The van der Waals surface area contributed by atoms with Crippen LogP contribution in [0.15, 0.2) is 60.7 Å². The first-order chi connectivity index (χ1) is 14.1. The Bertz CT molecular complexity index is 1270. The van der Waals surface area contributed by atoms with E-state index in [0.717, 1.165) is 19.3 Å². The van der Waals surface area contributed by atoms with Gasteiger partial charge in [0.05, 0.1) is 4.92 Å². The number of carbonyl (C=O) groups excluding carboxylic acids is 1. The maximum atomic E-state index is 13.0. The molecule has 0 N–H and O–H groups in total. The summed E-state index contributed by atoms with van der Waals surface area (Å²) in [4.78, 5) is 23.5. The van der Waals surface area contributed by atoms with Crippen molar-refractivity contribution in [3.63, 3.8) is 0 Å². The molecule has 142 valence electrons. The molecule has 0 amide bonds. The minimum absolute atomic E-state index is 0.00172. The largest absolute Gasteiger partial charge is 0.294 e. The summed E-state index contributed by atoms with van der Waals surface area (Å²) in [5.41, 5.74) is 5.64. The number of non-ortho nitro benzene ring substituents is 1. The fourth-order valence-corrected chi connectivity index (χ4v) is 4.49. The Morgan fingerprint density at radius 3 is 2.48 bits per heavy atom. The van der Waals surface area contributed by atoms with Gasteiger partial charge in [0.25, 0.3) is 5.69 Å². The molecule has 2 aliphatic rings. The molecule has 3 aromatic carbocycles. The summed E-state index contributed by atoms with van der Waals surface area (Å²) in [6.07, 6.45) is 6.89. The summed E-state index contributed by atoms with van der Waals surface area (Å²) < 4.78 is 0. The van der Waals surface area contributed by atoms with Gasteiger partial charge in [-0.3, -0.25) is 14.9 Å². The molecule has 5 rings (SSSR count). The number of Topliss-reactive ketones (excluding diaryl/α,β-unsaturated/α-hetero) is 1. The van der Waals surface area contributed by atoms with Gasteiger partial charge in [-0.2, -0.15) is 0 Å². The van der Waals surface area contributed by atoms with Gasteiger partial charge in [0.15, 0.2) is 5.78 Å². The van der Waals surface area contributed by atoms with Crippen molar-refractivity contribution in [1.29, 1.82) is 0 Å². The molecule has 0 aliphatic heterocycles. The molecule has 1 unspecified atom stereocenters. The van der Waals surface area contributed by atoms with E-state index < -0.39 is 4.92 Å². The van der Waals surface area contributed by atoms with Crippen molar-refractivity contribution in [3.8, 4) is 11.1 Å². The molecular formula is C25H19NO3. The lowest BCUT2D eigenvalue weighted by Crippen LogP contribution is -2.37. The molecule has 0 bridgehead atoms. The summed E-state index contributed by atoms with van der Waals surface area (Å²) >= 11 is 0. The van der Waals surface area contributed by atoms with E-state index in [1.165, 1.54) is 44.8 Å². The van der Waals surface area contributed by atoms with Gasteiger partial charge in [-0.05, 0) is 64.1 Å².